The Bertz CT molecular complexity index is 105. The van der Waals surface area contributed by atoms with E-state index < -0.39 is 0 Å². The highest BCUT2D eigenvalue weighted by atomic mass is 16.5. The molecule has 1 saturated carbocycles. The maximum atomic E-state index is 5.68. The third-order valence-corrected chi connectivity index (χ3v) is 2.32. The number of nitrogens with two attached hydrogens (primary N) is 1. The van der Waals surface area contributed by atoms with Crippen molar-refractivity contribution in [1.82, 2.24) is 0 Å². The minimum Gasteiger partial charge on any atom is -0.378 e. The van der Waals surface area contributed by atoms with Crippen molar-refractivity contribution in [3.63, 3.8) is 0 Å². The second-order valence-electron chi connectivity index (χ2n) is 2.76. The van der Waals surface area contributed by atoms with Gasteiger partial charge in [0.25, 0.3) is 0 Å². The van der Waals surface area contributed by atoms with E-state index >= 15 is 0 Å². The van der Waals surface area contributed by atoms with Gasteiger partial charge < -0.3 is 10.5 Å². The number of fused-ring (bicyclic) bond motifs is 1. The van der Waals surface area contributed by atoms with Crippen LogP contribution in [0.25, 0.3) is 0 Å². The summed E-state index contributed by atoms with van der Waals surface area (Å²) in [6, 6.07) is 0.461. The lowest BCUT2D eigenvalue weighted by atomic mass is 9.77. The van der Waals surface area contributed by atoms with Crippen molar-refractivity contribution < 1.29 is 4.74 Å². The van der Waals surface area contributed by atoms with Crippen LogP contribution >= 0.6 is 0 Å². The summed E-state index contributed by atoms with van der Waals surface area (Å²) in [6.45, 7) is 0.947. The van der Waals surface area contributed by atoms with Gasteiger partial charge in [0, 0.05) is 18.6 Å². The van der Waals surface area contributed by atoms with Gasteiger partial charge in [0.15, 0.2) is 0 Å². The summed E-state index contributed by atoms with van der Waals surface area (Å²) in [4.78, 5) is 0. The van der Waals surface area contributed by atoms with Crippen molar-refractivity contribution >= 4 is 0 Å². The lowest BCUT2D eigenvalue weighted by Gasteiger charge is -2.35. The van der Waals surface area contributed by atoms with Crippen molar-refractivity contribution in [2.75, 3.05) is 6.61 Å². The first-order valence-electron chi connectivity index (χ1n) is 3.25. The van der Waals surface area contributed by atoms with Crippen molar-refractivity contribution in [3.8, 4) is 0 Å². The minimum absolute atomic E-state index is 0.461. The average Bonchev–Trinajstić information content (AvgIpc) is 2.09. The molecule has 1 aliphatic carbocycles. The summed E-state index contributed by atoms with van der Waals surface area (Å²) in [5.41, 5.74) is 5.68. The van der Waals surface area contributed by atoms with E-state index in [1.165, 1.54) is 6.42 Å². The standard InChI is InChI=1S/C6H11NO/c7-5-3-6-4(5)1-2-8-6/h4-6H,1-3,7H2. The first-order valence-corrected chi connectivity index (χ1v) is 3.25. The van der Waals surface area contributed by atoms with E-state index in [2.05, 4.69) is 0 Å². The van der Waals surface area contributed by atoms with Crippen molar-refractivity contribution in [1.29, 1.82) is 0 Å². The molecule has 3 atom stereocenters. The molecule has 0 aromatic heterocycles. The Morgan fingerprint density at radius 1 is 1.50 bits per heavy atom. The molecule has 1 heterocycles. The molecule has 2 aliphatic rings. The van der Waals surface area contributed by atoms with Gasteiger partial charge in [0.2, 0.25) is 0 Å². The van der Waals surface area contributed by atoms with E-state index in [4.69, 9.17) is 10.5 Å². The lowest BCUT2D eigenvalue weighted by molar-refractivity contribution is 0.0191. The van der Waals surface area contributed by atoms with Crippen LogP contribution in [0.5, 0.6) is 0 Å². The van der Waals surface area contributed by atoms with Crippen LogP contribution < -0.4 is 5.73 Å². The van der Waals surface area contributed by atoms with Gasteiger partial charge in [0.1, 0.15) is 0 Å². The van der Waals surface area contributed by atoms with Crippen LogP contribution in [0.1, 0.15) is 12.8 Å². The number of hydrogen-bond acceptors (Lipinski definition) is 2. The third kappa shape index (κ3) is 0.446. The van der Waals surface area contributed by atoms with E-state index in [-0.39, 0.29) is 0 Å². The highest BCUT2D eigenvalue weighted by Crippen LogP contribution is 2.36. The summed E-state index contributed by atoms with van der Waals surface area (Å²) < 4.78 is 5.34. The van der Waals surface area contributed by atoms with Gasteiger partial charge in [-0.25, -0.2) is 0 Å². The minimum atomic E-state index is 0.461. The first kappa shape index (κ1) is 4.77. The van der Waals surface area contributed by atoms with Crippen LogP contribution in [0.4, 0.5) is 0 Å². The fourth-order valence-electron chi connectivity index (χ4n) is 1.64. The molecular formula is C6H11NO. The van der Waals surface area contributed by atoms with Gasteiger partial charge >= 0.3 is 0 Å². The zero-order valence-electron chi connectivity index (χ0n) is 4.84. The van der Waals surface area contributed by atoms with Crippen LogP contribution in [0.3, 0.4) is 0 Å². The van der Waals surface area contributed by atoms with Crippen LogP contribution in [0.2, 0.25) is 0 Å². The smallest absolute Gasteiger partial charge is 0.0633 e. The summed E-state index contributed by atoms with van der Waals surface area (Å²) in [7, 11) is 0. The molecule has 8 heavy (non-hydrogen) atoms. The van der Waals surface area contributed by atoms with Crippen LogP contribution in [-0.4, -0.2) is 18.8 Å². The molecule has 0 bridgehead atoms. The van der Waals surface area contributed by atoms with Crippen molar-refractivity contribution in [2.45, 2.75) is 25.0 Å². The Morgan fingerprint density at radius 2 is 2.38 bits per heavy atom. The van der Waals surface area contributed by atoms with Crippen molar-refractivity contribution in [2.24, 2.45) is 11.7 Å². The normalized spacial score (nSPS) is 52.9. The summed E-state index contributed by atoms with van der Waals surface area (Å²) in [5.74, 6) is 0.718. The maximum Gasteiger partial charge on any atom is 0.0633 e. The maximum absolute atomic E-state index is 5.68. The molecule has 0 spiro atoms. The summed E-state index contributed by atoms with van der Waals surface area (Å²) in [6.07, 6.45) is 2.85. The SMILES string of the molecule is NC1CC2OCCC12. The van der Waals surface area contributed by atoms with Crippen LogP contribution in [0.15, 0.2) is 0 Å². The second kappa shape index (κ2) is 1.45. The molecule has 2 heteroatoms. The molecule has 0 amide bonds. The van der Waals surface area contributed by atoms with Gasteiger partial charge in [-0.05, 0) is 12.8 Å². The lowest BCUT2D eigenvalue weighted by Crippen LogP contribution is -2.48. The number of hydrogen-bond donors (Lipinski definition) is 1. The van der Waals surface area contributed by atoms with Crippen LogP contribution in [0, 0.1) is 5.92 Å². The van der Waals surface area contributed by atoms with E-state index in [9.17, 15) is 0 Å². The molecule has 1 aliphatic heterocycles. The topological polar surface area (TPSA) is 35.2 Å². The molecule has 46 valence electrons. The molecule has 0 aromatic rings. The molecule has 1 saturated heterocycles. The van der Waals surface area contributed by atoms with E-state index in [0.29, 0.717) is 12.1 Å². The summed E-state index contributed by atoms with van der Waals surface area (Å²) >= 11 is 0. The summed E-state index contributed by atoms with van der Waals surface area (Å²) in [5, 5.41) is 0. The Kier molecular flexibility index (Phi) is 0.866. The zero-order valence-corrected chi connectivity index (χ0v) is 4.84. The monoisotopic (exact) mass is 113 g/mol. The second-order valence-corrected chi connectivity index (χ2v) is 2.76. The van der Waals surface area contributed by atoms with E-state index in [0.717, 1.165) is 18.9 Å². The molecule has 2 nitrogen and oxygen atoms in total. The van der Waals surface area contributed by atoms with Crippen LogP contribution in [-0.2, 0) is 4.74 Å². The molecule has 2 N–H and O–H groups in total. The van der Waals surface area contributed by atoms with Gasteiger partial charge in [-0.15, -0.1) is 0 Å². The van der Waals surface area contributed by atoms with E-state index in [1.807, 2.05) is 0 Å². The fourth-order valence-corrected chi connectivity index (χ4v) is 1.64. The first-order chi connectivity index (χ1) is 3.88. The molecular weight excluding hydrogens is 102 g/mol. The fraction of sp³-hybridized carbons (Fsp3) is 1.00. The average molecular weight is 113 g/mol. The molecule has 3 unspecified atom stereocenters. The molecule has 0 aromatic carbocycles. The highest BCUT2D eigenvalue weighted by molar-refractivity contribution is 4.96. The quantitative estimate of drug-likeness (QED) is 0.484. The van der Waals surface area contributed by atoms with Gasteiger partial charge in [-0.2, -0.15) is 0 Å². The van der Waals surface area contributed by atoms with E-state index in [1.54, 1.807) is 0 Å². The number of ether oxygens (including phenoxy) is 1. The van der Waals surface area contributed by atoms with Gasteiger partial charge in [-0.1, -0.05) is 0 Å². The Labute approximate surface area is 49.0 Å². The molecule has 2 fully saturated rings. The Morgan fingerprint density at radius 3 is 2.88 bits per heavy atom. The van der Waals surface area contributed by atoms with Gasteiger partial charge in [-0.3, -0.25) is 0 Å². The predicted molar refractivity (Wildman–Crippen MR) is 30.4 cm³/mol. The Hall–Kier alpha value is -0.0800. The predicted octanol–water partition coefficient (Wildman–Crippen LogP) is 0.122. The Balaban J connectivity index is 2.02. The van der Waals surface area contributed by atoms with Gasteiger partial charge in [0.05, 0.1) is 6.10 Å². The largest absolute Gasteiger partial charge is 0.378 e. The highest BCUT2D eigenvalue weighted by Gasteiger charge is 2.42. The molecule has 2 rings (SSSR count). The van der Waals surface area contributed by atoms with Crippen molar-refractivity contribution in [3.05, 3.63) is 0 Å². The third-order valence-electron chi connectivity index (χ3n) is 2.32. The number of rotatable bonds is 0. The zero-order chi connectivity index (χ0) is 5.56. The molecule has 0 radical (unpaired) electrons.